The van der Waals surface area contributed by atoms with Crippen molar-refractivity contribution < 1.29 is 9.47 Å². The van der Waals surface area contributed by atoms with Crippen molar-refractivity contribution in [3.63, 3.8) is 0 Å². The molecule has 0 bridgehead atoms. The number of hydrogen-bond acceptors (Lipinski definition) is 3. The number of ether oxygens (including phenoxy) is 2. The van der Waals surface area contributed by atoms with Crippen LogP contribution in [0.2, 0.25) is 0 Å². The molecule has 5 heteroatoms. The van der Waals surface area contributed by atoms with Crippen molar-refractivity contribution in [2.75, 3.05) is 33.9 Å². The molecule has 5 nitrogen and oxygen atoms in total. The molecule has 25 heavy (non-hydrogen) atoms. The summed E-state index contributed by atoms with van der Waals surface area (Å²) in [4.78, 5) is 4.74. The van der Waals surface area contributed by atoms with Crippen LogP contribution in [0.4, 0.5) is 0 Å². The molecule has 0 heterocycles. The largest absolute Gasteiger partial charge is 0.497 e. The summed E-state index contributed by atoms with van der Waals surface area (Å²) in [6, 6.07) is 8.06. The van der Waals surface area contributed by atoms with Gasteiger partial charge in [0.05, 0.1) is 13.7 Å². The molecule has 1 aliphatic rings. The van der Waals surface area contributed by atoms with E-state index in [2.05, 4.69) is 23.6 Å². The van der Waals surface area contributed by atoms with Gasteiger partial charge in [0.1, 0.15) is 5.75 Å². The summed E-state index contributed by atoms with van der Waals surface area (Å²) >= 11 is 0. The second-order valence-electron chi connectivity index (χ2n) is 6.85. The van der Waals surface area contributed by atoms with E-state index in [0.717, 1.165) is 43.4 Å². The third-order valence-electron chi connectivity index (χ3n) is 5.03. The molecule has 0 amide bonds. The maximum atomic E-state index is 5.32. The standard InChI is InChI=1S/C20H33N3O2/c1-4-21-19(22-15-17-8-7-9-18(14-17)25-3)23-16-20(12-13-24-2)10-5-6-11-20/h7-9,14H,4-6,10-13,15-16H2,1-3H3,(H2,21,22,23). The Labute approximate surface area is 152 Å². The molecule has 0 aromatic heterocycles. The van der Waals surface area contributed by atoms with Gasteiger partial charge < -0.3 is 20.1 Å². The Morgan fingerprint density at radius 1 is 1.20 bits per heavy atom. The van der Waals surface area contributed by atoms with E-state index >= 15 is 0 Å². The lowest BCUT2D eigenvalue weighted by atomic mass is 9.83. The molecule has 0 spiro atoms. The first-order valence-electron chi connectivity index (χ1n) is 9.35. The van der Waals surface area contributed by atoms with Crippen LogP contribution in [0.15, 0.2) is 29.3 Å². The van der Waals surface area contributed by atoms with Crippen LogP contribution in [0.1, 0.15) is 44.6 Å². The summed E-state index contributed by atoms with van der Waals surface area (Å²) in [7, 11) is 3.48. The number of hydrogen-bond donors (Lipinski definition) is 2. The highest BCUT2D eigenvalue weighted by molar-refractivity contribution is 5.79. The monoisotopic (exact) mass is 347 g/mol. The predicted molar refractivity (Wildman–Crippen MR) is 103 cm³/mol. The van der Waals surface area contributed by atoms with Crippen LogP contribution >= 0.6 is 0 Å². The van der Waals surface area contributed by atoms with E-state index in [9.17, 15) is 0 Å². The fourth-order valence-corrected chi connectivity index (χ4v) is 3.51. The second-order valence-corrected chi connectivity index (χ2v) is 6.85. The van der Waals surface area contributed by atoms with Crippen molar-refractivity contribution >= 4 is 5.96 Å². The molecule has 1 aliphatic carbocycles. The fourth-order valence-electron chi connectivity index (χ4n) is 3.51. The first kappa shape index (κ1) is 19.6. The summed E-state index contributed by atoms with van der Waals surface area (Å²) in [6.07, 6.45) is 6.31. The van der Waals surface area contributed by atoms with Crippen LogP contribution in [0, 0.1) is 5.41 Å². The summed E-state index contributed by atoms with van der Waals surface area (Å²) in [5.74, 6) is 1.75. The third-order valence-corrected chi connectivity index (χ3v) is 5.03. The van der Waals surface area contributed by atoms with E-state index in [-0.39, 0.29) is 0 Å². The minimum atomic E-state index is 0.349. The van der Waals surface area contributed by atoms with Crippen LogP contribution < -0.4 is 15.4 Å². The summed E-state index contributed by atoms with van der Waals surface area (Å²) in [6.45, 7) is 5.38. The summed E-state index contributed by atoms with van der Waals surface area (Å²) in [5, 5.41) is 6.92. The number of aliphatic imine (C=N–C) groups is 1. The predicted octanol–water partition coefficient (Wildman–Crippen LogP) is 3.35. The highest BCUT2D eigenvalue weighted by atomic mass is 16.5. The minimum absolute atomic E-state index is 0.349. The van der Waals surface area contributed by atoms with Crippen molar-refractivity contribution in [2.24, 2.45) is 10.4 Å². The van der Waals surface area contributed by atoms with E-state index in [1.807, 2.05) is 18.2 Å². The molecule has 0 unspecified atom stereocenters. The topological polar surface area (TPSA) is 54.9 Å². The molecule has 2 N–H and O–H groups in total. The number of nitrogens with one attached hydrogen (secondary N) is 2. The molecular formula is C20H33N3O2. The van der Waals surface area contributed by atoms with Crippen LogP contribution in [-0.4, -0.2) is 39.9 Å². The Kier molecular flexibility index (Phi) is 8.06. The average Bonchev–Trinajstić information content (AvgIpc) is 3.11. The average molecular weight is 348 g/mol. The zero-order valence-electron chi connectivity index (χ0n) is 15.9. The van der Waals surface area contributed by atoms with E-state index in [4.69, 9.17) is 14.5 Å². The van der Waals surface area contributed by atoms with Crippen molar-refractivity contribution in [3.05, 3.63) is 29.8 Å². The van der Waals surface area contributed by atoms with E-state index in [0.29, 0.717) is 12.0 Å². The number of benzene rings is 1. The zero-order chi connectivity index (χ0) is 18.0. The van der Waals surface area contributed by atoms with Gasteiger partial charge in [0.15, 0.2) is 5.96 Å². The molecule has 0 saturated heterocycles. The molecule has 1 fully saturated rings. The molecule has 140 valence electrons. The summed E-state index contributed by atoms with van der Waals surface area (Å²) < 4.78 is 10.6. The highest BCUT2D eigenvalue weighted by Crippen LogP contribution is 2.40. The Balaban J connectivity index is 1.96. The maximum Gasteiger partial charge on any atom is 0.191 e. The van der Waals surface area contributed by atoms with Crippen LogP contribution in [0.3, 0.4) is 0 Å². The van der Waals surface area contributed by atoms with Crippen molar-refractivity contribution in [1.29, 1.82) is 0 Å². The SMILES string of the molecule is CCNC(=NCc1cccc(OC)c1)NCC1(CCOC)CCCC1. The van der Waals surface area contributed by atoms with Gasteiger partial charge in [-0.2, -0.15) is 0 Å². The first-order chi connectivity index (χ1) is 12.2. The van der Waals surface area contributed by atoms with E-state index < -0.39 is 0 Å². The van der Waals surface area contributed by atoms with Gasteiger partial charge in [-0.1, -0.05) is 25.0 Å². The lowest BCUT2D eigenvalue weighted by Crippen LogP contribution is -2.43. The van der Waals surface area contributed by atoms with Gasteiger partial charge in [-0.25, -0.2) is 4.99 Å². The quantitative estimate of drug-likeness (QED) is 0.531. The molecule has 1 saturated carbocycles. The van der Waals surface area contributed by atoms with Crippen LogP contribution in [0.5, 0.6) is 5.75 Å². The lowest BCUT2D eigenvalue weighted by Gasteiger charge is -2.30. The third kappa shape index (κ3) is 6.24. The van der Waals surface area contributed by atoms with Crippen molar-refractivity contribution in [2.45, 2.75) is 45.6 Å². The van der Waals surface area contributed by atoms with Gasteiger partial charge in [-0.05, 0) is 49.3 Å². The number of nitrogens with zero attached hydrogens (tertiary/aromatic N) is 1. The molecule has 2 rings (SSSR count). The Hall–Kier alpha value is -1.75. The van der Waals surface area contributed by atoms with Gasteiger partial charge in [-0.3, -0.25) is 0 Å². The van der Waals surface area contributed by atoms with Gasteiger partial charge >= 0.3 is 0 Å². The molecule has 0 aliphatic heterocycles. The molecule has 0 atom stereocenters. The molecular weight excluding hydrogens is 314 g/mol. The Morgan fingerprint density at radius 3 is 2.68 bits per heavy atom. The van der Waals surface area contributed by atoms with Crippen LogP contribution in [0.25, 0.3) is 0 Å². The molecule has 1 aromatic rings. The molecule has 1 aromatic carbocycles. The zero-order valence-corrected chi connectivity index (χ0v) is 15.9. The molecule has 0 radical (unpaired) electrons. The maximum absolute atomic E-state index is 5.32. The van der Waals surface area contributed by atoms with Crippen molar-refractivity contribution in [3.8, 4) is 5.75 Å². The first-order valence-corrected chi connectivity index (χ1v) is 9.35. The summed E-state index contributed by atoms with van der Waals surface area (Å²) in [5.41, 5.74) is 1.49. The fraction of sp³-hybridized carbons (Fsp3) is 0.650. The van der Waals surface area contributed by atoms with E-state index in [1.165, 1.54) is 25.7 Å². The number of methoxy groups -OCH3 is 2. The highest BCUT2D eigenvalue weighted by Gasteiger charge is 2.33. The van der Waals surface area contributed by atoms with Gasteiger partial charge in [0.2, 0.25) is 0 Å². The van der Waals surface area contributed by atoms with Gasteiger partial charge in [0.25, 0.3) is 0 Å². The lowest BCUT2D eigenvalue weighted by molar-refractivity contribution is 0.138. The minimum Gasteiger partial charge on any atom is -0.497 e. The smallest absolute Gasteiger partial charge is 0.191 e. The Bertz CT molecular complexity index is 539. The second kappa shape index (κ2) is 10.3. The van der Waals surface area contributed by atoms with Gasteiger partial charge in [-0.15, -0.1) is 0 Å². The van der Waals surface area contributed by atoms with Gasteiger partial charge in [0, 0.05) is 26.8 Å². The number of rotatable bonds is 9. The normalized spacial score (nSPS) is 16.7. The van der Waals surface area contributed by atoms with E-state index in [1.54, 1.807) is 14.2 Å². The van der Waals surface area contributed by atoms with Crippen LogP contribution in [-0.2, 0) is 11.3 Å². The Morgan fingerprint density at radius 2 is 2.00 bits per heavy atom. The van der Waals surface area contributed by atoms with Crippen molar-refractivity contribution in [1.82, 2.24) is 10.6 Å². The number of guanidine groups is 1.